The van der Waals surface area contributed by atoms with Crippen LogP contribution < -0.4 is 11.1 Å². The third kappa shape index (κ3) is 2.49. The lowest BCUT2D eigenvalue weighted by Crippen LogP contribution is -2.42. The summed E-state index contributed by atoms with van der Waals surface area (Å²) in [4.78, 5) is 30.5. The van der Waals surface area contributed by atoms with Gasteiger partial charge in [0.1, 0.15) is 11.9 Å². The van der Waals surface area contributed by atoms with Crippen LogP contribution in [-0.4, -0.2) is 68.8 Å². The Labute approximate surface area is 168 Å². The van der Waals surface area contributed by atoms with Gasteiger partial charge in [0.2, 0.25) is 0 Å². The summed E-state index contributed by atoms with van der Waals surface area (Å²) < 4.78 is 2.31. The molecular weight excluding hydrogens is 428 g/mol. The lowest BCUT2D eigenvalue weighted by atomic mass is 9.90. The molecule has 11 heteroatoms. The molecule has 5 rings (SSSR count). The Kier molecular flexibility index (Phi) is 3.83. The summed E-state index contributed by atoms with van der Waals surface area (Å²) in [6.07, 6.45) is 5.03. The SMILES string of the molecule is CN1CC(c2cnn3c(N)c(Br)c(C4CCC5C(=O)NC(=O)N5C4)nc23)C=N1. The second kappa shape index (κ2) is 6.16. The molecule has 146 valence electrons. The number of hydrogen-bond donors (Lipinski definition) is 2. The van der Waals surface area contributed by atoms with Gasteiger partial charge in [0.25, 0.3) is 5.91 Å². The van der Waals surface area contributed by atoms with Gasteiger partial charge in [-0.1, -0.05) is 0 Å². The zero-order chi connectivity index (χ0) is 19.6. The first kappa shape index (κ1) is 17.4. The van der Waals surface area contributed by atoms with Crippen LogP contribution in [0.3, 0.4) is 0 Å². The standard InChI is InChI=1S/C17H19BrN8O2/c1-24-6-9(4-20-24)10-5-21-26-14(19)12(18)13(22-15(10)26)8-2-3-11-16(27)23-17(28)25(11)7-8/h4-5,8-9,11H,2-3,6-7,19H2,1H3,(H,23,27,28). The van der Waals surface area contributed by atoms with Crippen molar-refractivity contribution in [3.63, 3.8) is 0 Å². The number of urea groups is 1. The predicted molar refractivity (Wildman–Crippen MR) is 105 cm³/mol. The van der Waals surface area contributed by atoms with E-state index < -0.39 is 0 Å². The molecule has 0 aliphatic carbocycles. The van der Waals surface area contributed by atoms with Crippen LogP contribution in [0.4, 0.5) is 10.6 Å². The number of anilines is 1. The van der Waals surface area contributed by atoms with Gasteiger partial charge in [0.15, 0.2) is 5.65 Å². The van der Waals surface area contributed by atoms with Crippen LogP contribution >= 0.6 is 15.9 Å². The fourth-order valence-electron chi connectivity index (χ4n) is 4.27. The fourth-order valence-corrected chi connectivity index (χ4v) is 4.85. The number of nitrogens with zero attached hydrogens (tertiary/aromatic N) is 6. The number of hydrazone groups is 1. The molecule has 10 nitrogen and oxygen atoms in total. The molecule has 3 aliphatic rings. The summed E-state index contributed by atoms with van der Waals surface area (Å²) >= 11 is 3.57. The average Bonchev–Trinajstić information content (AvgIpc) is 3.36. The predicted octanol–water partition coefficient (Wildman–Crippen LogP) is 0.887. The summed E-state index contributed by atoms with van der Waals surface area (Å²) in [6, 6.07) is -0.709. The minimum Gasteiger partial charge on any atom is -0.383 e. The normalized spacial score (nSPS) is 27.0. The first-order chi connectivity index (χ1) is 13.4. The minimum absolute atomic E-state index is 0.0164. The quantitative estimate of drug-likeness (QED) is 0.660. The van der Waals surface area contributed by atoms with E-state index in [1.165, 1.54) is 0 Å². The lowest BCUT2D eigenvalue weighted by Gasteiger charge is -2.33. The molecule has 3 amide bonds. The van der Waals surface area contributed by atoms with Crippen molar-refractivity contribution < 1.29 is 9.59 Å². The summed E-state index contributed by atoms with van der Waals surface area (Å²) in [5, 5.41) is 13.0. The number of rotatable bonds is 2. The minimum atomic E-state index is -0.376. The smallest absolute Gasteiger partial charge is 0.324 e. The number of amides is 3. The number of hydrogen-bond acceptors (Lipinski definition) is 7. The third-order valence-corrected chi connectivity index (χ3v) is 6.55. The molecule has 2 fully saturated rings. The molecule has 3 unspecified atom stereocenters. The van der Waals surface area contributed by atoms with E-state index >= 15 is 0 Å². The molecule has 0 aromatic carbocycles. The maximum Gasteiger partial charge on any atom is 0.324 e. The molecule has 3 N–H and O–H groups in total. The van der Waals surface area contributed by atoms with Crippen molar-refractivity contribution in [3.05, 3.63) is 21.9 Å². The molecule has 0 radical (unpaired) electrons. The highest BCUT2D eigenvalue weighted by molar-refractivity contribution is 9.10. The maximum absolute atomic E-state index is 12.1. The molecule has 0 saturated carbocycles. The Morgan fingerprint density at radius 1 is 1.29 bits per heavy atom. The number of likely N-dealkylation sites (N-methyl/N-ethyl adjacent to an activating group) is 1. The number of halogens is 1. The number of nitrogens with two attached hydrogens (primary N) is 1. The van der Waals surface area contributed by atoms with Crippen LogP contribution in [0.5, 0.6) is 0 Å². The molecule has 0 spiro atoms. The topological polar surface area (TPSA) is 121 Å². The van der Waals surface area contributed by atoms with Crippen molar-refractivity contribution in [2.45, 2.75) is 30.7 Å². The highest BCUT2D eigenvalue weighted by Crippen LogP contribution is 2.38. The zero-order valence-electron chi connectivity index (χ0n) is 15.2. The maximum atomic E-state index is 12.1. The van der Waals surface area contributed by atoms with E-state index in [0.717, 1.165) is 24.2 Å². The van der Waals surface area contributed by atoms with Gasteiger partial charge in [0, 0.05) is 43.8 Å². The van der Waals surface area contributed by atoms with Gasteiger partial charge in [-0.3, -0.25) is 15.1 Å². The number of piperidine rings is 1. The van der Waals surface area contributed by atoms with Crippen molar-refractivity contribution in [2.75, 3.05) is 25.9 Å². The first-order valence-electron chi connectivity index (χ1n) is 9.13. The van der Waals surface area contributed by atoms with E-state index in [-0.39, 0.29) is 29.8 Å². The van der Waals surface area contributed by atoms with Crippen LogP contribution in [0.15, 0.2) is 15.8 Å². The van der Waals surface area contributed by atoms with E-state index in [4.69, 9.17) is 10.7 Å². The van der Waals surface area contributed by atoms with Crippen LogP contribution in [0, 0.1) is 0 Å². The second-order valence-electron chi connectivity index (χ2n) is 7.48. The molecular formula is C17H19BrN8O2. The van der Waals surface area contributed by atoms with Crippen LogP contribution in [0.2, 0.25) is 0 Å². The van der Waals surface area contributed by atoms with Gasteiger partial charge in [-0.2, -0.15) is 14.7 Å². The third-order valence-electron chi connectivity index (χ3n) is 5.74. The Morgan fingerprint density at radius 2 is 2.11 bits per heavy atom. The molecule has 3 atom stereocenters. The highest BCUT2D eigenvalue weighted by atomic mass is 79.9. The van der Waals surface area contributed by atoms with Crippen molar-refractivity contribution in [1.82, 2.24) is 29.8 Å². The molecule has 28 heavy (non-hydrogen) atoms. The molecule has 5 heterocycles. The number of carbonyl (C=O) groups excluding carboxylic acids is 2. The van der Waals surface area contributed by atoms with Gasteiger partial charge in [-0.05, 0) is 28.8 Å². The zero-order valence-corrected chi connectivity index (χ0v) is 16.8. The van der Waals surface area contributed by atoms with Crippen LogP contribution in [-0.2, 0) is 4.79 Å². The summed E-state index contributed by atoms with van der Waals surface area (Å²) in [6.45, 7) is 1.19. The molecule has 0 bridgehead atoms. The van der Waals surface area contributed by atoms with Crippen LogP contribution in [0.25, 0.3) is 5.65 Å². The number of fused-ring (bicyclic) bond motifs is 2. The Bertz CT molecular complexity index is 1030. The van der Waals surface area contributed by atoms with E-state index in [1.807, 2.05) is 18.3 Å². The monoisotopic (exact) mass is 446 g/mol. The number of nitrogen functional groups attached to an aromatic ring is 1. The Hall–Kier alpha value is -2.69. The first-order valence-corrected chi connectivity index (χ1v) is 9.92. The number of aromatic nitrogens is 3. The van der Waals surface area contributed by atoms with E-state index in [2.05, 4.69) is 31.4 Å². The van der Waals surface area contributed by atoms with Gasteiger partial charge >= 0.3 is 6.03 Å². The lowest BCUT2D eigenvalue weighted by molar-refractivity contribution is -0.122. The highest BCUT2D eigenvalue weighted by Gasteiger charge is 2.43. The van der Waals surface area contributed by atoms with Gasteiger partial charge < -0.3 is 10.6 Å². The van der Waals surface area contributed by atoms with Gasteiger partial charge in [0.05, 0.1) is 16.4 Å². The number of nitrogens with one attached hydrogen (secondary N) is 1. The molecule has 3 aliphatic heterocycles. The van der Waals surface area contributed by atoms with Crippen molar-refractivity contribution in [2.24, 2.45) is 5.10 Å². The van der Waals surface area contributed by atoms with E-state index in [0.29, 0.717) is 28.9 Å². The Morgan fingerprint density at radius 3 is 2.86 bits per heavy atom. The largest absolute Gasteiger partial charge is 0.383 e. The number of imide groups is 1. The van der Waals surface area contributed by atoms with Gasteiger partial charge in [-0.25, -0.2) is 9.78 Å². The molecule has 2 aromatic rings. The number of carbonyl (C=O) groups is 2. The average molecular weight is 447 g/mol. The van der Waals surface area contributed by atoms with Crippen molar-refractivity contribution in [3.8, 4) is 0 Å². The van der Waals surface area contributed by atoms with Crippen molar-refractivity contribution in [1.29, 1.82) is 0 Å². The molecule has 2 saturated heterocycles. The second-order valence-corrected chi connectivity index (χ2v) is 8.27. The summed E-state index contributed by atoms with van der Waals surface area (Å²) in [5.74, 6) is 0.338. The fraction of sp³-hybridized carbons (Fsp3) is 0.471. The summed E-state index contributed by atoms with van der Waals surface area (Å²) in [5.41, 5.74) is 8.81. The summed E-state index contributed by atoms with van der Waals surface area (Å²) in [7, 11) is 1.92. The van der Waals surface area contributed by atoms with E-state index in [9.17, 15) is 9.59 Å². The Balaban J connectivity index is 1.54. The van der Waals surface area contributed by atoms with E-state index in [1.54, 1.807) is 15.6 Å². The van der Waals surface area contributed by atoms with Gasteiger partial charge in [-0.15, -0.1) is 0 Å². The van der Waals surface area contributed by atoms with Crippen LogP contribution in [0.1, 0.15) is 35.9 Å². The van der Waals surface area contributed by atoms with Crippen molar-refractivity contribution >= 4 is 45.5 Å². The molecule has 2 aromatic heterocycles.